The van der Waals surface area contributed by atoms with Gasteiger partial charge in [0.2, 0.25) is 5.91 Å². The molecule has 4 aliphatic carbocycles. The van der Waals surface area contributed by atoms with Crippen LogP contribution in [0.3, 0.4) is 0 Å². The monoisotopic (exact) mass is 422 g/mol. The summed E-state index contributed by atoms with van der Waals surface area (Å²) in [5.41, 5.74) is -0.0976. The van der Waals surface area contributed by atoms with Crippen molar-refractivity contribution >= 4 is 17.6 Å². The number of hydrogen-bond donors (Lipinski definition) is 1. The highest BCUT2D eigenvalue weighted by molar-refractivity contribution is 5.98. The first kappa shape index (κ1) is 19.3. The van der Waals surface area contributed by atoms with E-state index in [9.17, 15) is 14.4 Å². The predicted molar refractivity (Wildman–Crippen MR) is 113 cm³/mol. The van der Waals surface area contributed by atoms with Crippen molar-refractivity contribution in [1.29, 1.82) is 0 Å². The summed E-state index contributed by atoms with van der Waals surface area (Å²) < 4.78 is 6.44. The van der Waals surface area contributed by atoms with Crippen molar-refractivity contribution in [2.24, 2.45) is 23.7 Å². The predicted octanol–water partition coefficient (Wildman–Crippen LogP) is 3.30. The first-order valence-electron chi connectivity index (χ1n) is 12.0. The highest BCUT2D eigenvalue weighted by Crippen LogP contribution is 2.53. The van der Waals surface area contributed by atoms with E-state index >= 15 is 0 Å². The van der Waals surface area contributed by atoms with Crippen molar-refractivity contribution in [2.75, 3.05) is 6.54 Å². The Bertz CT molecular complexity index is 945. The highest BCUT2D eigenvalue weighted by atomic mass is 16.5. The lowest BCUT2D eigenvalue weighted by molar-refractivity contribution is -0.162. The van der Waals surface area contributed by atoms with Crippen LogP contribution < -0.4 is 10.1 Å². The lowest BCUT2D eigenvalue weighted by Gasteiger charge is -2.56. The Kier molecular flexibility index (Phi) is 4.41. The Morgan fingerprint density at radius 2 is 1.94 bits per heavy atom. The number of para-hydroxylation sites is 1. The van der Waals surface area contributed by atoms with Gasteiger partial charge in [-0.15, -0.1) is 0 Å². The molecule has 5 fully saturated rings. The van der Waals surface area contributed by atoms with Crippen LogP contribution in [0.2, 0.25) is 0 Å². The summed E-state index contributed by atoms with van der Waals surface area (Å²) in [6, 6.07) is 7.52. The number of amides is 2. The molecule has 2 bridgehead atoms. The van der Waals surface area contributed by atoms with Crippen LogP contribution in [0.5, 0.6) is 5.75 Å². The normalized spacial score (nSPS) is 38.8. The number of ether oxygens (including phenoxy) is 1. The maximum Gasteiger partial charge on any atom is 0.258 e. The zero-order valence-electron chi connectivity index (χ0n) is 17.8. The summed E-state index contributed by atoms with van der Waals surface area (Å²) in [5.74, 6) is 1.57. The molecule has 6 aliphatic rings. The number of benzene rings is 1. The molecule has 1 saturated heterocycles. The summed E-state index contributed by atoms with van der Waals surface area (Å²) in [4.78, 5) is 41.0. The molecule has 164 valence electrons. The number of piperidine rings is 1. The van der Waals surface area contributed by atoms with Gasteiger partial charge in [0.25, 0.3) is 5.91 Å². The molecule has 2 heterocycles. The van der Waals surface area contributed by atoms with Crippen LogP contribution in [-0.2, 0) is 9.59 Å². The lowest BCUT2D eigenvalue weighted by atomic mass is 9.59. The number of fused-ring (bicyclic) bond motifs is 4. The van der Waals surface area contributed by atoms with Crippen LogP contribution in [0.1, 0.15) is 68.1 Å². The number of nitrogens with one attached hydrogen (secondary N) is 1. The third kappa shape index (κ3) is 2.94. The Hall–Kier alpha value is -2.37. The quantitative estimate of drug-likeness (QED) is 0.754. The van der Waals surface area contributed by atoms with Crippen LogP contribution in [-0.4, -0.2) is 40.8 Å². The van der Waals surface area contributed by atoms with E-state index in [2.05, 4.69) is 10.2 Å². The van der Waals surface area contributed by atoms with E-state index in [1.807, 2.05) is 18.2 Å². The van der Waals surface area contributed by atoms with Gasteiger partial charge in [-0.1, -0.05) is 25.0 Å². The third-order valence-electron chi connectivity index (χ3n) is 8.71. The molecule has 6 heteroatoms. The zero-order chi connectivity index (χ0) is 21.2. The SMILES string of the molecule is O=C1N[C@]2(C[C@H]3CC[C@H]2C[C@@H]3C(=O)N2CCC(=O)[C@@H]3CCCC[C@@H]32)Oc2ccccc21. The molecule has 2 amide bonds. The molecular weight excluding hydrogens is 392 g/mol. The topological polar surface area (TPSA) is 75.7 Å². The molecule has 0 aromatic heterocycles. The van der Waals surface area contributed by atoms with Gasteiger partial charge in [0, 0.05) is 43.2 Å². The summed E-state index contributed by atoms with van der Waals surface area (Å²) >= 11 is 0. The van der Waals surface area contributed by atoms with Gasteiger partial charge in [-0.2, -0.15) is 0 Å². The number of likely N-dealkylation sites (tertiary alicyclic amines) is 1. The van der Waals surface area contributed by atoms with Gasteiger partial charge in [-0.05, 0) is 50.2 Å². The lowest BCUT2D eigenvalue weighted by Crippen LogP contribution is -2.67. The van der Waals surface area contributed by atoms with Crippen molar-refractivity contribution < 1.29 is 19.1 Å². The Balaban J connectivity index is 1.23. The molecular formula is C25H30N2O4. The van der Waals surface area contributed by atoms with E-state index in [1.54, 1.807) is 6.07 Å². The molecule has 7 rings (SSSR count). The van der Waals surface area contributed by atoms with Crippen LogP contribution in [0.4, 0.5) is 0 Å². The molecule has 4 saturated carbocycles. The fourth-order valence-electron chi connectivity index (χ4n) is 7.19. The summed E-state index contributed by atoms with van der Waals surface area (Å²) in [5, 5.41) is 3.18. The molecule has 6 atom stereocenters. The van der Waals surface area contributed by atoms with Crippen molar-refractivity contribution in [2.45, 2.75) is 69.6 Å². The maximum atomic E-state index is 13.7. The number of ketones is 1. The minimum atomic E-state index is -0.684. The average Bonchev–Trinajstić information content (AvgIpc) is 2.79. The molecule has 0 radical (unpaired) electrons. The number of rotatable bonds is 1. The molecule has 0 unspecified atom stereocenters. The van der Waals surface area contributed by atoms with Gasteiger partial charge in [-0.3, -0.25) is 14.4 Å². The minimum absolute atomic E-state index is 0.0159. The van der Waals surface area contributed by atoms with E-state index < -0.39 is 5.72 Å². The minimum Gasteiger partial charge on any atom is -0.467 e. The Labute approximate surface area is 182 Å². The number of carbonyl (C=O) groups is 3. The summed E-state index contributed by atoms with van der Waals surface area (Å²) in [6.07, 6.45) is 8.04. The van der Waals surface area contributed by atoms with Crippen LogP contribution in [0.15, 0.2) is 24.3 Å². The Morgan fingerprint density at radius 3 is 2.77 bits per heavy atom. The fourth-order valence-corrected chi connectivity index (χ4v) is 7.19. The Morgan fingerprint density at radius 1 is 1.10 bits per heavy atom. The fraction of sp³-hybridized carbons (Fsp3) is 0.640. The summed E-state index contributed by atoms with van der Waals surface area (Å²) in [7, 11) is 0. The molecule has 1 spiro atoms. The number of Topliss-reactive ketones (excluding diaryl/α,β-unsaturated/α-hetero) is 1. The molecule has 6 nitrogen and oxygen atoms in total. The van der Waals surface area contributed by atoms with Crippen molar-refractivity contribution in [3.8, 4) is 5.75 Å². The molecule has 31 heavy (non-hydrogen) atoms. The largest absolute Gasteiger partial charge is 0.467 e. The zero-order valence-corrected chi connectivity index (χ0v) is 17.8. The van der Waals surface area contributed by atoms with E-state index in [-0.39, 0.29) is 41.5 Å². The second-order valence-corrected chi connectivity index (χ2v) is 10.2. The van der Waals surface area contributed by atoms with E-state index in [0.29, 0.717) is 36.5 Å². The van der Waals surface area contributed by atoms with Crippen molar-refractivity contribution in [3.63, 3.8) is 0 Å². The van der Waals surface area contributed by atoms with Crippen LogP contribution in [0.25, 0.3) is 0 Å². The number of nitrogens with zero attached hydrogens (tertiary/aromatic N) is 1. The van der Waals surface area contributed by atoms with Gasteiger partial charge in [0.05, 0.1) is 5.56 Å². The third-order valence-corrected chi connectivity index (χ3v) is 8.71. The highest BCUT2D eigenvalue weighted by Gasteiger charge is 2.58. The van der Waals surface area contributed by atoms with Gasteiger partial charge in [0.1, 0.15) is 11.5 Å². The van der Waals surface area contributed by atoms with Crippen molar-refractivity contribution in [1.82, 2.24) is 10.2 Å². The first-order valence-corrected chi connectivity index (χ1v) is 12.0. The van der Waals surface area contributed by atoms with Gasteiger partial charge in [-0.25, -0.2) is 0 Å². The van der Waals surface area contributed by atoms with E-state index in [0.717, 1.165) is 44.9 Å². The van der Waals surface area contributed by atoms with E-state index in [1.165, 1.54) is 0 Å². The van der Waals surface area contributed by atoms with Gasteiger partial charge in [0.15, 0.2) is 5.72 Å². The smallest absolute Gasteiger partial charge is 0.258 e. The first-order chi connectivity index (χ1) is 15.1. The summed E-state index contributed by atoms with van der Waals surface area (Å²) in [6.45, 7) is 0.582. The van der Waals surface area contributed by atoms with Gasteiger partial charge >= 0.3 is 0 Å². The molecule has 1 aromatic carbocycles. The van der Waals surface area contributed by atoms with Crippen LogP contribution in [0, 0.1) is 23.7 Å². The van der Waals surface area contributed by atoms with Crippen LogP contribution >= 0.6 is 0 Å². The maximum absolute atomic E-state index is 13.7. The number of hydrogen-bond acceptors (Lipinski definition) is 4. The molecule has 1 N–H and O–H groups in total. The second-order valence-electron chi connectivity index (χ2n) is 10.2. The van der Waals surface area contributed by atoms with Crippen molar-refractivity contribution in [3.05, 3.63) is 29.8 Å². The average molecular weight is 423 g/mol. The van der Waals surface area contributed by atoms with E-state index in [4.69, 9.17) is 4.74 Å². The standard InChI is InChI=1S/C25H30N2O4/c28-21-11-12-27(20-7-3-1-5-17(20)21)24(30)19-13-16-10-9-15(19)14-25(16)26-23(29)18-6-2-4-8-22(18)31-25/h2,4,6,8,15-17,19-20H,1,3,5,7,9-14H2,(H,26,29)/t15-,16+,17-,19+,20+,25-/m1/s1. The molecule has 2 aliphatic heterocycles. The molecule has 1 aromatic rings. The second kappa shape index (κ2) is 7.07. The number of carbonyl (C=O) groups excluding carboxylic acids is 3. The van der Waals surface area contributed by atoms with Gasteiger partial charge < -0.3 is 15.0 Å².